The van der Waals surface area contributed by atoms with E-state index in [1.807, 2.05) is 0 Å². The van der Waals surface area contributed by atoms with Crippen molar-refractivity contribution in [1.29, 1.82) is 0 Å². The first kappa shape index (κ1) is 25.9. The van der Waals surface area contributed by atoms with Gasteiger partial charge < -0.3 is 18.9 Å². The highest BCUT2D eigenvalue weighted by atomic mass is 16.5. The lowest BCUT2D eigenvalue weighted by molar-refractivity contribution is 0.0511. The molecule has 0 atom stereocenters. The molecular formula is C30H26O6. The van der Waals surface area contributed by atoms with E-state index >= 15 is 0 Å². The number of hydrogen-bond donors (Lipinski definition) is 0. The standard InChI is InChI=1S/C30H26O6/c1-5-35-29(31)27-19-24(14-8-22-11-17-26(34-4)18-12-22)28(30(32)36-6-2)20-23(27)13-7-21-9-15-25(33-3)16-10-21/h9-12,15-20H,5-6H2,1-4H3. The van der Waals surface area contributed by atoms with Crippen LogP contribution in [0, 0.1) is 23.7 Å². The average molecular weight is 483 g/mol. The van der Waals surface area contributed by atoms with Gasteiger partial charge in [0, 0.05) is 22.3 Å². The molecule has 0 aromatic heterocycles. The summed E-state index contributed by atoms with van der Waals surface area (Å²) in [6.45, 7) is 3.82. The molecule has 0 saturated heterocycles. The Balaban J connectivity index is 2.12. The molecule has 0 unspecified atom stereocenters. The highest BCUT2D eigenvalue weighted by Crippen LogP contribution is 2.20. The number of carbonyl (C=O) groups is 2. The van der Waals surface area contributed by atoms with E-state index in [0.717, 1.165) is 0 Å². The fourth-order valence-corrected chi connectivity index (χ4v) is 3.19. The Bertz CT molecular complexity index is 1240. The number of hydrogen-bond acceptors (Lipinski definition) is 6. The number of ether oxygens (including phenoxy) is 4. The Kier molecular flexibility index (Phi) is 9.14. The van der Waals surface area contributed by atoms with Crippen LogP contribution in [-0.2, 0) is 9.47 Å². The molecule has 0 heterocycles. The second-order valence-corrected chi connectivity index (χ2v) is 7.34. The second-order valence-electron chi connectivity index (χ2n) is 7.34. The fourth-order valence-electron chi connectivity index (χ4n) is 3.19. The van der Waals surface area contributed by atoms with Crippen LogP contribution in [0.25, 0.3) is 0 Å². The minimum Gasteiger partial charge on any atom is -0.497 e. The Morgan fingerprint density at radius 2 is 0.972 bits per heavy atom. The predicted molar refractivity (Wildman–Crippen MR) is 136 cm³/mol. The molecule has 0 fully saturated rings. The molecule has 3 aromatic carbocycles. The predicted octanol–water partition coefficient (Wildman–Crippen LogP) is 4.86. The third-order valence-corrected chi connectivity index (χ3v) is 5.01. The number of benzene rings is 3. The lowest BCUT2D eigenvalue weighted by atomic mass is 9.97. The SMILES string of the molecule is CCOC(=O)c1cc(C#Cc2ccc(OC)cc2)c(C(=O)OCC)cc1C#Cc1ccc(OC)cc1. The van der Waals surface area contributed by atoms with Crippen molar-refractivity contribution in [3.05, 3.63) is 94.0 Å². The molecule has 0 aliphatic rings. The van der Waals surface area contributed by atoms with Gasteiger partial charge in [-0.1, -0.05) is 23.7 Å². The largest absolute Gasteiger partial charge is 0.497 e. The molecule has 6 nitrogen and oxygen atoms in total. The maximum absolute atomic E-state index is 12.8. The molecule has 182 valence electrons. The first-order valence-electron chi connectivity index (χ1n) is 11.3. The Morgan fingerprint density at radius 3 is 1.28 bits per heavy atom. The number of rotatable bonds is 6. The summed E-state index contributed by atoms with van der Waals surface area (Å²) in [5.41, 5.74) is 2.53. The molecule has 0 spiro atoms. The molecule has 0 aliphatic heterocycles. The first-order chi connectivity index (χ1) is 17.5. The second kappa shape index (κ2) is 12.7. The normalized spacial score (nSPS) is 9.67. The van der Waals surface area contributed by atoms with Gasteiger partial charge in [0.1, 0.15) is 11.5 Å². The quantitative estimate of drug-likeness (QED) is 0.369. The van der Waals surface area contributed by atoms with Crippen molar-refractivity contribution in [3.8, 4) is 35.2 Å². The van der Waals surface area contributed by atoms with Crippen molar-refractivity contribution in [1.82, 2.24) is 0 Å². The van der Waals surface area contributed by atoms with Gasteiger partial charge in [0.15, 0.2) is 0 Å². The number of methoxy groups -OCH3 is 2. The third-order valence-electron chi connectivity index (χ3n) is 5.01. The van der Waals surface area contributed by atoms with Crippen molar-refractivity contribution in [2.45, 2.75) is 13.8 Å². The summed E-state index contributed by atoms with van der Waals surface area (Å²) in [4.78, 5) is 25.6. The van der Waals surface area contributed by atoms with Gasteiger partial charge in [-0.25, -0.2) is 9.59 Å². The van der Waals surface area contributed by atoms with E-state index in [9.17, 15) is 9.59 Å². The third kappa shape index (κ3) is 6.68. The van der Waals surface area contributed by atoms with Gasteiger partial charge in [0.05, 0.1) is 38.6 Å². The smallest absolute Gasteiger partial charge is 0.339 e. The maximum Gasteiger partial charge on any atom is 0.339 e. The number of esters is 2. The summed E-state index contributed by atoms with van der Waals surface area (Å²) < 4.78 is 20.8. The van der Waals surface area contributed by atoms with E-state index < -0.39 is 11.9 Å². The Labute approximate surface area is 211 Å². The van der Waals surface area contributed by atoms with Crippen LogP contribution < -0.4 is 9.47 Å². The summed E-state index contributed by atoms with van der Waals surface area (Å²) in [7, 11) is 3.17. The van der Waals surface area contributed by atoms with Crippen LogP contribution in [0.15, 0.2) is 60.7 Å². The highest BCUT2D eigenvalue weighted by molar-refractivity contribution is 5.98. The van der Waals surface area contributed by atoms with Gasteiger partial charge in [-0.3, -0.25) is 0 Å². The maximum atomic E-state index is 12.8. The van der Waals surface area contributed by atoms with Crippen LogP contribution in [0.3, 0.4) is 0 Å². The zero-order valence-electron chi connectivity index (χ0n) is 20.6. The molecular weight excluding hydrogens is 456 g/mol. The minimum atomic E-state index is -0.556. The minimum absolute atomic E-state index is 0.191. The van der Waals surface area contributed by atoms with Crippen LogP contribution in [0.2, 0.25) is 0 Å². The van der Waals surface area contributed by atoms with Gasteiger partial charge in [-0.15, -0.1) is 0 Å². The first-order valence-corrected chi connectivity index (χ1v) is 11.3. The van der Waals surface area contributed by atoms with Crippen LogP contribution >= 0.6 is 0 Å². The molecule has 3 rings (SSSR count). The zero-order chi connectivity index (χ0) is 25.9. The van der Waals surface area contributed by atoms with Crippen LogP contribution in [0.5, 0.6) is 11.5 Å². The van der Waals surface area contributed by atoms with E-state index in [1.54, 1.807) is 76.6 Å². The van der Waals surface area contributed by atoms with E-state index in [0.29, 0.717) is 33.8 Å². The van der Waals surface area contributed by atoms with Gasteiger partial charge in [0.2, 0.25) is 0 Å². The Hall–Kier alpha value is -4.68. The average Bonchev–Trinajstić information content (AvgIpc) is 2.91. The highest BCUT2D eigenvalue weighted by Gasteiger charge is 2.20. The summed E-state index contributed by atoms with van der Waals surface area (Å²) in [5.74, 6) is 12.3. The molecule has 0 bridgehead atoms. The Morgan fingerprint density at radius 1 is 0.611 bits per heavy atom. The van der Waals surface area contributed by atoms with Gasteiger partial charge in [0.25, 0.3) is 0 Å². The van der Waals surface area contributed by atoms with E-state index in [-0.39, 0.29) is 24.3 Å². The summed E-state index contributed by atoms with van der Waals surface area (Å²) in [6, 6.07) is 17.4. The van der Waals surface area contributed by atoms with Crippen molar-refractivity contribution in [3.63, 3.8) is 0 Å². The van der Waals surface area contributed by atoms with Crippen molar-refractivity contribution < 1.29 is 28.5 Å². The van der Waals surface area contributed by atoms with Crippen LogP contribution in [0.4, 0.5) is 0 Å². The zero-order valence-corrected chi connectivity index (χ0v) is 20.6. The molecule has 0 N–H and O–H groups in total. The molecule has 0 aliphatic carbocycles. The van der Waals surface area contributed by atoms with Crippen LogP contribution in [-0.4, -0.2) is 39.4 Å². The lowest BCUT2D eigenvalue weighted by Crippen LogP contribution is -2.12. The summed E-state index contributed by atoms with van der Waals surface area (Å²) in [5, 5.41) is 0. The van der Waals surface area contributed by atoms with E-state index in [4.69, 9.17) is 18.9 Å². The van der Waals surface area contributed by atoms with Crippen molar-refractivity contribution in [2.24, 2.45) is 0 Å². The summed E-state index contributed by atoms with van der Waals surface area (Å²) >= 11 is 0. The van der Waals surface area contributed by atoms with Crippen LogP contribution in [0.1, 0.15) is 56.8 Å². The topological polar surface area (TPSA) is 71.1 Å². The monoisotopic (exact) mass is 482 g/mol. The van der Waals surface area contributed by atoms with Crippen molar-refractivity contribution in [2.75, 3.05) is 27.4 Å². The molecule has 36 heavy (non-hydrogen) atoms. The molecule has 0 saturated carbocycles. The van der Waals surface area contributed by atoms with Gasteiger partial charge >= 0.3 is 11.9 Å². The molecule has 0 radical (unpaired) electrons. The van der Waals surface area contributed by atoms with E-state index in [1.165, 1.54) is 12.1 Å². The van der Waals surface area contributed by atoms with Gasteiger partial charge in [-0.05, 0) is 74.5 Å². The molecule has 3 aromatic rings. The summed E-state index contributed by atoms with van der Waals surface area (Å²) in [6.07, 6.45) is 0. The molecule has 0 amide bonds. The lowest BCUT2D eigenvalue weighted by Gasteiger charge is -2.10. The fraction of sp³-hybridized carbons (Fsp3) is 0.200. The molecule has 6 heteroatoms. The number of carbonyl (C=O) groups excluding carboxylic acids is 2. The van der Waals surface area contributed by atoms with Gasteiger partial charge in [-0.2, -0.15) is 0 Å². The van der Waals surface area contributed by atoms with E-state index in [2.05, 4.69) is 23.7 Å². The van der Waals surface area contributed by atoms with Crippen molar-refractivity contribution >= 4 is 11.9 Å².